The van der Waals surface area contributed by atoms with Crippen LogP contribution in [0.5, 0.6) is 0 Å². The molecule has 1 atom stereocenters. The Morgan fingerprint density at radius 1 is 0.925 bits per heavy atom. The number of aromatic nitrogens is 2. The van der Waals surface area contributed by atoms with Gasteiger partial charge in [-0.15, -0.1) is 0 Å². The quantitative estimate of drug-likeness (QED) is 0.517. The van der Waals surface area contributed by atoms with Crippen molar-refractivity contribution in [1.82, 2.24) is 14.9 Å². The molecule has 0 bridgehead atoms. The van der Waals surface area contributed by atoms with Gasteiger partial charge in [0.2, 0.25) is 0 Å². The molecule has 2 N–H and O–H groups in total. The van der Waals surface area contributed by atoms with Gasteiger partial charge < -0.3 is 24.6 Å². The lowest BCUT2D eigenvalue weighted by molar-refractivity contribution is -0.193. The summed E-state index contributed by atoms with van der Waals surface area (Å²) in [6, 6.07) is 11.3. The fraction of sp³-hybridized carbons (Fsp3) is 0.458. The van der Waals surface area contributed by atoms with Crippen LogP contribution in [0.4, 0.5) is 26.3 Å². The van der Waals surface area contributed by atoms with Crippen molar-refractivity contribution in [2.24, 2.45) is 0 Å². The summed E-state index contributed by atoms with van der Waals surface area (Å²) >= 11 is 0. The Kier molecular flexibility index (Phi) is 11.4. The Balaban J connectivity index is 0.000000333. The molecule has 220 valence electrons. The number of carboxylic acid groups (broad SMARTS) is 2. The highest BCUT2D eigenvalue weighted by molar-refractivity contribution is 5.92. The van der Waals surface area contributed by atoms with Crippen LogP contribution < -0.4 is 0 Å². The Bertz CT molecular complexity index is 1090. The van der Waals surface area contributed by atoms with Crippen LogP contribution in [-0.4, -0.2) is 86.7 Å². The predicted molar refractivity (Wildman–Crippen MR) is 123 cm³/mol. The molecule has 0 aliphatic carbocycles. The van der Waals surface area contributed by atoms with Crippen LogP contribution >= 0.6 is 0 Å². The van der Waals surface area contributed by atoms with Crippen molar-refractivity contribution in [3.8, 4) is 0 Å². The molecule has 2 aliphatic heterocycles. The number of aliphatic carboxylic acids is 2. The van der Waals surface area contributed by atoms with Crippen molar-refractivity contribution in [2.75, 3.05) is 19.7 Å². The fourth-order valence-corrected chi connectivity index (χ4v) is 3.71. The van der Waals surface area contributed by atoms with E-state index in [-0.39, 0.29) is 17.6 Å². The van der Waals surface area contributed by atoms with Crippen LogP contribution in [0.1, 0.15) is 35.4 Å². The standard InChI is InChI=1S/C20H23N3O3.2C2HF3O2/c24-19(18-6-2-4-10-22-18)23-11-7-20(8-12-23)13-17(15-26-20)25-14-16-5-1-3-9-21-16;2*3-2(4,5)1(6)7/h1-6,9-10,17H,7-8,11-15H2;2*(H,6,7). The first-order valence-electron chi connectivity index (χ1n) is 11.6. The molecular weight excluding hydrogens is 556 g/mol. The van der Waals surface area contributed by atoms with Crippen molar-refractivity contribution in [3.63, 3.8) is 0 Å². The van der Waals surface area contributed by atoms with Gasteiger partial charge in [-0.25, -0.2) is 9.59 Å². The van der Waals surface area contributed by atoms with E-state index in [2.05, 4.69) is 9.97 Å². The Labute approximate surface area is 223 Å². The van der Waals surface area contributed by atoms with Gasteiger partial charge in [-0.3, -0.25) is 14.8 Å². The zero-order chi connectivity index (χ0) is 30.0. The largest absolute Gasteiger partial charge is 0.490 e. The second-order valence-corrected chi connectivity index (χ2v) is 8.57. The summed E-state index contributed by atoms with van der Waals surface area (Å²) in [5.74, 6) is -5.51. The molecule has 0 saturated carbocycles. The predicted octanol–water partition coefficient (Wildman–Crippen LogP) is 3.72. The lowest BCUT2D eigenvalue weighted by atomic mass is 9.88. The molecule has 2 saturated heterocycles. The number of halogens is 6. The highest BCUT2D eigenvalue weighted by atomic mass is 19.4. The van der Waals surface area contributed by atoms with Gasteiger partial charge in [0.15, 0.2) is 0 Å². The van der Waals surface area contributed by atoms with Crippen molar-refractivity contribution in [1.29, 1.82) is 0 Å². The van der Waals surface area contributed by atoms with Crippen LogP contribution in [0.25, 0.3) is 0 Å². The molecule has 0 radical (unpaired) electrons. The molecule has 1 unspecified atom stereocenters. The smallest absolute Gasteiger partial charge is 0.475 e. The SMILES string of the molecule is O=C(O)C(F)(F)F.O=C(O)C(F)(F)F.O=C(c1ccccn1)N1CCC2(CC1)CC(OCc1ccccn1)CO2. The maximum Gasteiger partial charge on any atom is 0.490 e. The summed E-state index contributed by atoms with van der Waals surface area (Å²) < 4.78 is 75.6. The van der Waals surface area contributed by atoms with Gasteiger partial charge in [0, 0.05) is 31.9 Å². The third kappa shape index (κ3) is 10.4. The molecule has 2 aromatic rings. The number of nitrogens with zero attached hydrogens (tertiary/aromatic N) is 3. The highest BCUT2D eigenvalue weighted by Gasteiger charge is 2.44. The minimum atomic E-state index is -5.08. The molecule has 2 aliphatic rings. The molecule has 4 rings (SSSR count). The second-order valence-electron chi connectivity index (χ2n) is 8.57. The van der Waals surface area contributed by atoms with Crippen molar-refractivity contribution in [3.05, 3.63) is 60.2 Å². The Morgan fingerprint density at radius 3 is 1.90 bits per heavy atom. The molecule has 2 fully saturated rings. The summed E-state index contributed by atoms with van der Waals surface area (Å²) in [5.41, 5.74) is 1.28. The van der Waals surface area contributed by atoms with E-state index in [9.17, 15) is 31.1 Å². The van der Waals surface area contributed by atoms with Crippen molar-refractivity contribution in [2.45, 2.75) is 49.9 Å². The summed E-state index contributed by atoms with van der Waals surface area (Å²) in [6.45, 7) is 2.51. The monoisotopic (exact) mass is 581 g/mol. The number of amides is 1. The summed E-state index contributed by atoms with van der Waals surface area (Å²) in [5, 5.41) is 14.2. The van der Waals surface area contributed by atoms with Crippen LogP contribution in [0.2, 0.25) is 0 Å². The third-order valence-corrected chi connectivity index (χ3v) is 5.70. The van der Waals surface area contributed by atoms with E-state index in [4.69, 9.17) is 29.3 Å². The van der Waals surface area contributed by atoms with Crippen molar-refractivity contribution >= 4 is 17.8 Å². The number of carbonyl (C=O) groups excluding carboxylic acids is 1. The van der Waals surface area contributed by atoms with Gasteiger partial charge >= 0.3 is 24.3 Å². The van der Waals surface area contributed by atoms with E-state index < -0.39 is 24.3 Å². The van der Waals surface area contributed by atoms with Gasteiger partial charge in [-0.1, -0.05) is 12.1 Å². The van der Waals surface area contributed by atoms with Crippen molar-refractivity contribution < 1.29 is 60.4 Å². The molecule has 40 heavy (non-hydrogen) atoms. The number of likely N-dealkylation sites (tertiary alicyclic amines) is 1. The minimum Gasteiger partial charge on any atom is -0.475 e. The molecule has 4 heterocycles. The zero-order valence-corrected chi connectivity index (χ0v) is 20.7. The van der Waals surface area contributed by atoms with E-state index in [1.807, 2.05) is 35.2 Å². The van der Waals surface area contributed by atoms with Gasteiger partial charge in [0.1, 0.15) is 5.69 Å². The molecule has 1 amide bonds. The maximum absolute atomic E-state index is 12.5. The van der Waals surface area contributed by atoms with E-state index in [0.717, 1.165) is 25.0 Å². The first kappa shape index (κ1) is 32.4. The molecule has 2 aromatic heterocycles. The zero-order valence-electron chi connectivity index (χ0n) is 20.7. The average Bonchev–Trinajstić information content (AvgIpc) is 3.30. The number of piperidine rings is 1. The number of pyridine rings is 2. The first-order valence-corrected chi connectivity index (χ1v) is 11.6. The number of hydrogen-bond donors (Lipinski definition) is 2. The topological polar surface area (TPSA) is 139 Å². The number of alkyl halides is 6. The van der Waals surface area contributed by atoms with E-state index in [0.29, 0.717) is 32.0 Å². The van der Waals surface area contributed by atoms with E-state index in [1.165, 1.54) is 0 Å². The molecule has 0 aromatic carbocycles. The average molecular weight is 581 g/mol. The normalized spacial score (nSPS) is 18.1. The highest BCUT2D eigenvalue weighted by Crippen LogP contribution is 2.37. The van der Waals surface area contributed by atoms with Gasteiger partial charge in [0.05, 0.1) is 30.6 Å². The van der Waals surface area contributed by atoms with Crippen LogP contribution in [0.3, 0.4) is 0 Å². The lowest BCUT2D eigenvalue weighted by Crippen LogP contribution is -2.46. The minimum absolute atomic E-state index is 0.00130. The van der Waals surface area contributed by atoms with Gasteiger partial charge in [-0.2, -0.15) is 26.3 Å². The summed E-state index contributed by atoms with van der Waals surface area (Å²) in [6.07, 6.45) is -4.08. The van der Waals surface area contributed by atoms with Crippen LogP contribution in [0.15, 0.2) is 48.8 Å². The van der Waals surface area contributed by atoms with E-state index >= 15 is 0 Å². The fourth-order valence-electron chi connectivity index (χ4n) is 3.71. The molecule has 16 heteroatoms. The summed E-state index contributed by atoms with van der Waals surface area (Å²) in [4.78, 5) is 40.6. The molecule has 10 nitrogen and oxygen atoms in total. The van der Waals surface area contributed by atoms with E-state index in [1.54, 1.807) is 18.5 Å². The summed E-state index contributed by atoms with van der Waals surface area (Å²) in [7, 11) is 0. The number of ether oxygens (including phenoxy) is 2. The molecule has 1 spiro atoms. The lowest BCUT2D eigenvalue weighted by Gasteiger charge is -2.38. The number of carbonyl (C=O) groups is 3. The Morgan fingerprint density at radius 2 is 1.45 bits per heavy atom. The third-order valence-electron chi connectivity index (χ3n) is 5.70. The number of carboxylic acids is 2. The van der Waals surface area contributed by atoms with Crippen LogP contribution in [0, 0.1) is 0 Å². The number of rotatable bonds is 4. The Hall–Kier alpha value is -3.79. The van der Waals surface area contributed by atoms with Crippen LogP contribution in [-0.2, 0) is 25.7 Å². The maximum atomic E-state index is 12.5. The second kappa shape index (κ2) is 14.0. The first-order chi connectivity index (χ1) is 18.6. The molecular formula is C24H25F6N3O7. The van der Waals surface area contributed by atoms with Gasteiger partial charge in [-0.05, 0) is 37.1 Å². The number of hydrogen-bond acceptors (Lipinski definition) is 7. The van der Waals surface area contributed by atoms with Gasteiger partial charge in [0.25, 0.3) is 5.91 Å².